The van der Waals surface area contributed by atoms with Gasteiger partial charge in [0.1, 0.15) is 17.3 Å². The molecule has 0 saturated carbocycles. The number of hydrogen-bond donors (Lipinski definition) is 3. The van der Waals surface area contributed by atoms with Gasteiger partial charge in [-0.15, -0.1) is 0 Å². The number of benzene rings is 1. The Balaban J connectivity index is 2.46. The standard InChI is InChI=1S/C11H8F4N4/c12-4-3-5(13)9(15)10(8(4)14)18-7-2-1-6(16)11(17)19-7/h1-3H,16H2,(H3,17,18,19). The predicted octanol–water partition coefficient (Wildman–Crippen LogP) is 2.55. The number of hydrogen-bond acceptors (Lipinski definition) is 4. The van der Waals surface area contributed by atoms with Crippen LogP contribution in [0.15, 0.2) is 18.2 Å². The molecule has 0 atom stereocenters. The van der Waals surface area contributed by atoms with Gasteiger partial charge in [-0.3, -0.25) is 0 Å². The van der Waals surface area contributed by atoms with E-state index in [2.05, 4.69) is 10.3 Å². The molecule has 1 aromatic carbocycles. The fourth-order valence-electron chi connectivity index (χ4n) is 1.37. The summed E-state index contributed by atoms with van der Waals surface area (Å²) >= 11 is 0. The Kier molecular flexibility index (Phi) is 3.16. The van der Waals surface area contributed by atoms with E-state index in [0.717, 1.165) is 0 Å². The lowest BCUT2D eigenvalue weighted by Crippen LogP contribution is -2.06. The molecule has 8 heteroatoms. The average Bonchev–Trinajstić information content (AvgIpc) is 2.36. The maximum absolute atomic E-state index is 13.4. The zero-order valence-corrected chi connectivity index (χ0v) is 9.35. The van der Waals surface area contributed by atoms with Crippen molar-refractivity contribution in [3.63, 3.8) is 0 Å². The molecule has 2 aromatic rings. The maximum Gasteiger partial charge on any atom is 0.185 e. The summed E-state index contributed by atoms with van der Waals surface area (Å²) < 4.78 is 52.7. The molecule has 1 heterocycles. The lowest BCUT2D eigenvalue weighted by atomic mass is 10.2. The monoisotopic (exact) mass is 272 g/mol. The van der Waals surface area contributed by atoms with Gasteiger partial charge in [0.15, 0.2) is 23.3 Å². The summed E-state index contributed by atoms with van der Waals surface area (Å²) in [5.41, 5.74) is 9.98. The normalized spacial score (nSPS) is 10.5. The van der Waals surface area contributed by atoms with E-state index in [1.807, 2.05) is 0 Å². The summed E-state index contributed by atoms with van der Waals surface area (Å²) in [6.45, 7) is 0. The maximum atomic E-state index is 13.4. The number of nitrogens with zero attached hydrogens (tertiary/aromatic N) is 1. The molecule has 5 N–H and O–H groups in total. The molecule has 0 aliphatic carbocycles. The van der Waals surface area contributed by atoms with Crippen molar-refractivity contribution >= 4 is 23.0 Å². The van der Waals surface area contributed by atoms with Crippen LogP contribution >= 0.6 is 0 Å². The van der Waals surface area contributed by atoms with Crippen LogP contribution in [0.5, 0.6) is 0 Å². The van der Waals surface area contributed by atoms with Crippen LogP contribution in [0, 0.1) is 23.3 Å². The molecule has 0 fully saturated rings. The highest BCUT2D eigenvalue weighted by molar-refractivity contribution is 5.65. The first kappa shape index (κ1) is 12.9. The molecular weight excluding hydrogens is 264 g/mol. The van der Waals surface area contributed by atoms with Crippen molar-refractivity contribution in [2.75, 3.05) is 16.8 Å². The van der Waals surface area contributed by atoms with Gasteiger partial charge in [0, 0.05) is 6.07 Å². The number of nitrogens with one attached hydrogen (secondary N) is 1. The van der Waals surface area contributed by atoms with Gasteiger partial charge in [-0.2, -0.15) is 0 Å². The number of nitrogens with two attached hydrogens (primary N) is 2. The predicted molar refractivity (Wildman–Crippen MR) is 62.6 cm³/mol. The summed E-state index contributed by atoms with van der Waals surface area (Å²) in [5.74, 6) is -6.35. The Bertz CT molecular complexity index is 619. The lowest BCUT2D eigenvalue weighted by Gasteiger charge is -2.10. The Hall–Kier alpha value is -2.51. The van der Waals surface area contributed by atoms with Gasteiger partial charge in [0.2, 0.25) is 0 Å². The van der Waals surface area contributed by atoms with Crippen molar-refractivity contribution in [1.82, 2.24) is 4.98 Å². The van der Waals surface area contributed by atoms with E-state index in [-0.39, 0.29) is 23.4 Å². The van der Waals surface area contributed by atoms with Crippen LogP contribution in [0.1, 0.15) is 0 Å². The number of anilines is 4. The molecule has 0 spiro atoms. The van der Waals surface area contributed by atoms with Crippen molar-refractivity contribution in [2.45, 2.75) is 0 Å². The Morgan fingerprint density at radius 2 is 1.53 bits per heavy atom. The number of aromatic nitrogens is 1. The van der Waals surface area contributed by atoms with E-state index in [1.54, 1.807) is 0 Å². The van der Waals surface area contributed by atoms with Crippen LogP contribution in [0.2, 0.25) is 0 Å². The third-order valence-electron chi connectivity index (χ3n) is 2.32. The second-order valence-corrected chi connectivity index (χ2v) is 3.64. The SMILES string of the molecule is Nc1ccc(Nc2c(F)c(F)cc(F)c2F)nc1N. The molecule has 0 aliphatic rings. The molecule has 0 radical (unpaired) electrons. The first-order chi connectivity index (χ1) is 8.90. The van der Waals surface area contributed by atoms with Gasteiger partial charge in [0.05, 0.1) is 5.69 Å². The van der Waals surface area contributed by atoms with E-state index in [0.29, 0.717) is 0 Å². The second kappa shape index (κ2) is 4.63. The van der Waals surface area contributed by atoms with E-state index in [4.69, 9.17) is 11.5 Å². The quantitative estimate of drug-likeness (QED) is 0.580. The third-order valence-corrected chi connectivity index (χ3v) is 2.32. The zero-order chi connectivity index (χ0) is 14.2. The number of nitrogen functional groups attached to an aromatic ring is 2. The first-order valence-electron chi connectivity index (χ1n) is 5.02. The van der Waals surface area contributed by atoms with Crippen molar-refractivity contribution in [3.05, 3.63) is 41.5 Å². The van der Waals surface area contributed by atoms with Gasteiger partial charge in [0.25, 0.3) is 0 Å². The van der Waals surface area contributed by atoms with Crippen molar-refractivity contribution in [2.24, 2.45) is 0 Å². The van der Waals surface area contributed by atoms with Crippen molar-refractivity contribution in [1.29, 1.82) is 0 Å². The minimum atomic E-state index is -1.56. The first-order valence-corrected chi connectivity index (χ1v) is 5.02. The topological polar surface area (TPSA) is 77.0 Å². The van der Waals surface area contributed by atoms with Crippen LogP contribution in [-0.4, -0.2) is 4.98 Å². The lowest BCUT2D eigenvalue weighted by molar-refractivity contribution is 0.459. The smallest absolute Gasteiger partial charge is 0.185 e. The Labute approximate surface area is 105 Å². The van der Waals surface area contributed by atoms with Crippen LogP contribution in [0.4, 0.5) is 40.6 Å². The van der Waals surface area contributed by atoms with E-state index >= 15 is 0 Å². The average molecular weight is 272 g/mol. The van der Waals surface area contributed by atoms with Gasteiger partial charge in [-0.1, -0.05) is 0 Å². The number of pyridine rings is 1. The largest absolute Gasteiger partial charge is 0.396 e. The molecule has 0 aliphatic heterocycles. The molecule has 100 valence electrons. The highest BCUT2D eigenvalue weighted by Crippen LogP contribution is 2.27. The summed E-state index contributed by atoms with van der Waals surface area (Å²) in [6, 6.07) is 2.70. The van der Waals surface area contributed by atoms with Gasteiger partial charge < -0.3 is 16.8 Å². The molecule has 0 unspecified atom stereocenters. The summed E-state index contributed by atoms with van der Waals surface area (Å²) in [4.78, 5) is 3.67. The summed E-state index contributed by atoms with van der Waals surface area (Å²) in [7, 11) is 0. The fraction of sp³-hybridized carbons (Fsp3) is 0. The molecule has 0 bridgehead atoms. The molecule has 0 saturated heterocycles. The molecular formula is C11H8F4N4. The van der Waals surface area contributed by atoms with Crippen LogP contribution in [0.3, 0.4) is 0 Å². The zero-order valence-electron chi connectivity index (χ0n) is 9.35. The summed E-state index contributed by atoms with van der Waals surface area (Å²) in [6.07, 6.45) is 0. The Morgan fingerprint density at radius 1 is 0.947 bits per heavy atom. The molecule has 0 amide bonds. The highest BCUT2D eigenvalue weighted by Gasteiger charge is 2.19. The number of rotatable bonds is 2. The minimum Gasteiger partial charge on any atom is -0.396 e. The van der Waals surface area contributed by atoms with Crippen molar-refractivity contribution in [3.8, 4) is 0 Å². The molecule has 4 nitrogen and oxygen atoms in total. The minimum absolute atomic E-state index is 0.0808. The van der Waals surface area contributed by atoms with Gasteiger partial charge in [-0.25, -0.2) is 22.5 Å². The van der Waals surface area contributed by atoms with Gasteiger partial charge in [-0.05, 0) is 12.1 Å². The highest BCUT2D eigenvalue weighted by atomic mass is 19.2. The van der Waals surface area contributed by atoms with Crippen LogP contribution in [0.25, 0.3) is 0 Å². The molecule has 19 heavy (non-hydrogen) atoms. The molecule has 1 aromatic heterocycles. The van der Waals surface area contributed by atoms with Crippen LogP contribution < -0.4 is 16.8 Å². The Morgan fingerprint density at radius 3 is 2.05 bits per heavy atom. The van der Waals surface area contributed by atoms with E-state index < -0.39 is 29.0 Å². The molecule has 2 rings (SSSR count). The van der Waals surface area contributed by atoms with Crippen LogP contribution in [-0.2, 0) is 0 Å². The third kappa shape index (κ3) is 2.37. The number of halogens is 4. The van der Waals surface area contributed by atoms with Crippen molar-refractivity contribution < 1.29 is 17.6 Å². The van der Waals surface area contributed by atoms with E-state index in [1.165, 1.54) is 12.1 Å². The second-order valence-electron chi connectivity index (χ2n) is 3.64. The fourth-order valence-corrected chi connectivity index (χ4v) is 1.37. The summed E-state index contributed by atoms with van der Waals surface area (Å²) in [5, 5.41) is 2.11. The van der Waals surface area contributed by atoms with E-state index in [9.17, 15) is 17.6 Å². The van der Waals surface area contributed by atoms with Gasteiger partial charge >= 0.3 is 0 Å².